The number of fused-ring (bicyclic) bond motifs is 1. The van der Waals surface area contributed by atoms with Crippen LogP contribution in [0.15, 0.2) is 12.1 Å². The molecule has 0 atom stereocenters. The van der Waals surface area contributed by atoms with Crippen molar-refractivity contribution in [3.8, 4) is 0 Å². The number of aromatic nitrogens is 2. The predicted molar refractivity (Wildman–Crippen MR) is 84.2 cm³/mol. The van der Waals surface area contributed by atoms with Crippen molar-refractivity contribution in [1.29, 1.82) is 0 Å². The van der Waals surface area contributed by atoms with E-state index in [0.29, 0.717) is 0 Å². The highest BCUT2D eigenvalue weighted by Gasteiger charge is 2.26. The largest absolute Gasteiger partial charge is 0.324 e. The van der Waals surface area contributed by atoms with Gasteiger partial charge in [-0.2, -0.15) is 5.10 Å². The van der Waals surface area contributed by atoms with Gasteiger partial charge < -0.3 is 4.90 Å². The zero-order chi connectivity index (χ0) is 14.4. The van der Waals surface area contributed by atoms with Crippen LogP contribution in [-0.4, -0.2) is 16.3 Å². The summed E-state index contributed by atoms with van der Waals surface area (Å²) in [5.41, 5.74) is 6.38. The lowest BCUT2D eigenvalue weighted by Gasteiger charge is -2.30. The van der Waals surface area contributed by atoms with Gasteiger partial charge in [0.05, 0.1) is 0 Å². The molecular weight excluding hydrogens is 270 g/mol. The Bertz CT molecular complexity index is 650. The first-order valence-corrected chi connectivity index (χ1v) is 7.43. The average Bonchev–Trinajstić information content (AvgIpc) is 2.66. The number of nitrogens with zero attached hydrogens (tertiary/aromatic N) is 3. The molecular formula is C16H20ClN3. The molecule has 0 spiro atoms. The number of halogens is 1. The van der Waals surface area contributed by atoms with Crippen molar-refractivity contribution in [3.05, 3.63) is 39.5 Å². The maximum Gasteiger partial charge on any atom is 0.159 e. The van der Waals surface area contributed by atoms with E-state index in [-0.39, 0.29) is 0 Å². The fraction of sp³-hybridized carbons (Fsp3) is 0.438. The van der Waals surface area contributed by atoms with Crippen LogP contribution < -0.4 is 4.90 Å². The highest BCUT2D eigenvalue weighted by atomic mass is 35.5. The van der Waals surface area contributed by atoms with Crippen LogP contribution in [0.2, 0.25) is 5.15 Å². The third kappa shape index (κ3) is 2.01. The molecule has 0 aliphatic carbocycles. The normalized spacial score (nSPS) is 14.6. The topological polar surface area (TPSA) is 21.1 Å². The molecule has 4 heteroatoms. The van der Waals surface area contributed by atoms with Crippen molar-refractivity contribution in [3.63, 3.8) is 0 Å². The van der Waals surface area contributed by atoms with Gasteiger partial charge in [0, 0.05) is 24.8 Å². The van der Waals surface area contributed by atoms with E-state index < -0.39 is 0 Å². The third-order valence-corrected chi connectivity index (χ3v) is 4.49. The molecule has 1 aliphatic rings. The first-order chi connectivity index (χ1) is 9.49. The summed E-state index contributed by atoms with van der Waals surface area (Å²) in [5, 5.41) is 5.39. The number of rotatable bonds is 1. The molecule has 0 unspecified atom stereocenters. The molecule has 2 heterocycles. The molecule has 0 bridgehead atoms. The number of anilines is 2. The van der Waals surface area contributed by atoms with Crippen molar-refractivity contribution in [2.45, 2.75) is 33.6 Å². The second-order valence-electron chi connectivity index (χ2n) is 5.72. The maximum atomic E-state index is 6.36. The van der Waals surface area contributed by atoms with E-state index in [2.05, 4.69) is 42.9 Å². The fourth-order valence-corrected chi connectivity index (χ4v) is 3.52. The summed E-state index contributed by atoms with van der Waals surface area (Å²) in [6.07, 6.45) is 2.13. The van der Waals surface area contributed by atoms with Crippen LogP contribution >= 0.6 is 11.6 Å². The smallest absolute Gasteiger partial charge is 0.159 e. The molecule has 1 aromatic carbocycles. The minimum atomic E-state index is 0.770. The monoisotopic (exact) mass is 289 g/mol. The van der Waals surface area contributed by atoms with Crippen LogP contribution in [0.1, 0.15) is 28.7 Å². The van der Waals surface area contributed by atoms with Crippen molar-refractivity contribution >= 4 is 23.1 Å². The van der Waals surface area contributed by atoms with Crippen LogP contribution in [0.4, 0.5) is 11.5 Å². The Balaban J connectivity index is 2.16. The van der Waals surface area contributed by atoms with E-state index in [9.17, 15) is 0 Å². The summed E-state index contributed by atoms with van der Waals surface area (Å²) in [6, 6.07) is 4.47. The molecule has 3 rings (SSSR count). The lowest BCUT2D eigenvalue weighted by atomic mass is 10.0. The summed E-state index contributed by atoms with van der Waals surface area (Å²) < 4.78 is 1.78. The van der Waals surface area contributed by atoms with E-state index in [1.807, 2.05) is 7.05 Å². The average molecular weight is 290 g/mol. The molecule has 106 valence electrons. The van der Waals surface area contributed by atoms with Gasteiger partial charge in [0.25, 0.3) is 0 Å². The van der Waals surface area contributed by atoms with Gasteiger partial charge in [-0.25, -0.2) is 0 Å². The van der Waals surface area contributed by atoms with E-state index in [4.69, 9.17) is 11.6 Å². The summed E-state index contributed by atoms with van der Waals surface area (Å²) in [5.74, 6) is 1.03. The minimum absolute atomic E-state index is 0.770. The minimum Gasteiger partial charge on any atom is -0.324 e. The van der Waals surface area contributed by atoms with Gasteiger partial charge in [0.15, 0.2) is 5.82 Å². The molecule has 0 saturated heterocycles. The zero-order valence-electron chi connectivity index (χ0n) is 12.5. The molecule has 2 aromatic rings. The van der Waals surface area contributed by atoms with E-state index in [0.717, 1.165) is 30.4 Å². The molecule has 1 aliphatic heterocycles. The Hall–Kier alpha value is -1.48. The van der Waals surface area contributed by atoms with E-state index in [1.165, 1.54) is 27.9 Å². The highest BCUT2D eigenvalue weighted by Crippen LogP contribution is 2.39. The summed E-state index contributed by atoms with van der Waals surface area (Å²) in [7, 11) is 1.91. The van der Waals surface area contributed by atoms with Crippen LogP contribution in [-0.2, 0) is 13.5 Å². The summed E-state index contributed by atoms with van der Waals surface area (Å²) in [6.45, 7) is 7.50. The van der Waals surface area contributed by atoms with Crippen LogP contribution in [0.5, 0.6) is 0 Å². The van der Waals surface area contributed by atoms with Crippen LogP contribution in [0, 0.1) is 20.8 Å². The second kappa shape index (κ2) is 4.81. The molecule has 0 fully saturated rings. The van der Waals surface area contributed by atoms with E-state index >= 15 is 0 Å². The summed E-state index contributed by atoms with van der Waals surface area (Å²) in [4.78, 5) is 2.33. The van der Waals surface area contributed by atoms with Gasteiger partial charge in [0.2, 0.25) is 0 Å². The van der Waals surface area contributed by atoms with Gasteiger partial charge in [-0.05, 0) is 44.7 Å². The van der Waals surface area contributed by atoms with Crippen LogP contribution in [0.3, 0.4) is 0 Å². The molecule has 20 heavy (non-hydrogen) atoms. The number of hydrogen-bond donors (Lipinski definition) is 0. The number of aryl methyl sites for hydroxylation is 4. The van der Waals surface area contributed by atoms with Crippen molar-refractivity contribution < 1.29 is 0 Å². The van der Waals surface area contributed by atoms with Crippen LogP contribution in [0.25, 0.3) is 0 Å². The Morgan fingerprint density at radius 1 is 1.15 bits per heavy atom. The standard InChI is InChI=1S/C16H20ClN3/c1-10-8-11(2)14(12(3)9-10)20-7-5-6-13-15(17)19(4)18-16(13)20/h8-9H,5-7H2,1-4H3. The van der Waals surface area contributed by atoms with Gasteiger partial charge in [-0.15, -0.1) is 0 Å². The molecule has 1 aromatic heterocycles. The maximum absolute atomic E-state index is 6.36. The lowest BCUT2D eigenvalue weighted by Crippen LogP contribution is -2.26. The second-order valence-corrected chi connectivity index (χ2v) is 6.08. The number of benzene rings is 1. The zero-order valence-corrected chi connectivity index (χ0v) is 13.3. The third-order valence-electron chi connectivity index (χ3n) is 4.02. The first-order valence-electron chi connectivity index (χ1n) is 7.06. The molecule has 0 saturated carbocycles. The number of hydrogen-bond acceptors (Lipinski definition) is 2. The van der Waals surface area contributed by atoms with Gasteiger partial charge in [0.1, 0.15) is 5.15 Å². The van der Waals surface area contributed by atoms with Crippen molar-refractivity contribution in [2.24, 2.45) is 7.05 Å². The Morgan fingerprint density at radius 3 is 2.45 bits per heavy atom. The Kier molecular flexibility index (Phi) is 3.25. The predicted octanol–water partition coefficient (Wildman–Crippen LogP) is 4.08. The summed E-state index contributed by atoms with van der Waals surface area (Å²) >= 11 is 6.36. The molecule has 0 radical (unpaired) electrons. The first kappa shape index (κ1) is 13.5. The van der Waals surface area contributed by atoms with E-state index in [1.54, 1.807) is 4.68 Å². The SMILES string of the molecule is Cc1cc(C)c(N2CCCc3c2nn(C)c3Cl)c(C)c1. The van der Waals surface area contributed by atoms with Gasteiger partial charge >= 0.3 is 0 Å². The molecule has 0 amide bonds. The highest BCUT2D eigenvalue weighted by molar-refractivity contribution is 6.30. The van der Waals surface area contributed by atoms with Gasteiger partial charge in [-0.3, -0.25) is 4.68 Å². The molecule has 3 nitrogen and oxygen atoms in total. The molecule has 0 N–H and O–H groups in total. The lowest BCUT2D eigenvalue weighted by molar-refractivity contribution is 0.740. The van der Waals surface area contributed by atoms with Crippen molar-refractivity contribution in [1.82, 2.24) is 9.78 Å². The quantitative estimate of drug-likeness (QED) is 0.789. The Labute approximate surface area is 125 Å². The van der Waals surface area contributed by atoms with Gasteiger partial charge in [-0.1, -0.05) is 29.3 Å². The Morgan fingerprint density at radius 2 is 1.80 bits per heavy atom. The fourth-order valence-electron chi connectivity index (χ4n) is 3.30. The van der Waals surface area contributed by atoms with Crippen molar-refractivity contribution in [2.75, 3.05) is 11.4 Å².